The molecule has 0 aliphatic rings. The minimum Gasteiger partial charge on any atom is -0.493 e. The third kappa shape index (κ3) is 4.87. The Bertz CT molecular complexity index is 973. The maximum atomic E-state index is 12.8. The van der Waals surface area contributed by atoms with Crippen LogP contribution < -0.4 is 9.47 Å². The summed E-state index contributed by atoms with van der Waals surface area (Å²) < 4.78 is 35.9. The Kier molecular flexibility index (Phi) is 7.23. The van der Waals surface area contributed by atoms with Crippen LogP contribution in [0.3, 0.4) is 0 Å². The smallest absolute Gasteiger partial charge is 0.264 e. The molecule has 2 rings (SSSR count). The molecule has 0 aromatic heterocycles. The van der Waals surface area contributed by atoms with E-state index in [0.29, 0.717) is 23.6 Å². The second-order valence-corrected chi connectivity index (χ2v) is 8.35. The molecule has 0 radical (unpaired) electrons. The average molecular weight is 423 g/mol. The van der Waals surface area contributed by atoms with Crippen molar-refractivity contribution in [3.05, 3.63) is 53.1 Å². The lowest BCUT2D eigenvalue weighted by Crippen LogP contribution is -2.27. The van der Waals surface area contributed by atoms with Crippen molar-refractivity contribution in [3.63, 3.8) is 0 Å². The Balaban J connectivity index is 2.21. The summed E-state index contributed by atoms with van der Waals surface area (Å²) in [6, 6.07) is 9.43. The fourth-order valence-electron chi connectivity index (χ4n) is 2.76. The van der Waals surface area contributed by atoms with E-state index in [1.54, 1.807) is 26.2 Å². The number of hydrogen-bond donors (Lipinski definition) is 0. The number of hydrogen-bond acceptors (Lipinski definition) is 6. The van der Waals surface area contributed by atoms with E-state index in [1.807, 2.05) is 19.1 Å². The summed E-state index contributed by atoms with van der Waals surface area (Å²) in [7, 11) is 3.61. The topological polar surface area (TPSA) is 85.4 Å². The molecule has 2 aromatic rings. The largest absolute Gasteiger partial charge is 0.493 e. The van der Waals surface area contributed by atoms with Crippen LogP contribution in [0.1, 0.15) is 21.5 Å². The monoisotopic (exact) mass is 422 g/mol. The van der Waals surface area contributed by atoms with Gasteiger partial charge in [-0.3, -0.25) is 9.63 Å². The van der Waals surface area contributed by atoms with E-state index < -0.39 is 10.0 Å². The summed E-state index contributed by atoms with van der Waals surface area (Å²) in [6.07, 6.45) is 0. The fourth-order valence-corrected chi connectivity index (χ4v) is 3.73. The van der Waals surface area contributed by atoms with Crippen LogP contribution in [0.4, 0.5) is 0 Å². The second kappa shape index (κ2) is 9.25. The third-order valence-corrected chi connectivity index (χ3v) is 6.28. The van der Waals surface area contributed by atoms with Crippen LogP contribution in [0.15, 0.2) is 41.3 Å². The lowest BCUT2D eigenvalue weighted by atomic mass is 10.1. The SMILES string of the molecule is COc1cc(C)c(CN(C)C(=O)c2ccc(S(=O)(=O)N(C)OC)cc2)cc1OC. The number of hydroxylamine groups is 1. The van der Waals surface area contributed by atoms with Gasteiger partial charge in [-0.25, -0.2) is 8.42 Å². The predicted octanol–water partition coefficient (Wildman–Crippen LogP) is 2.47. The normalized spacial score (nSPS) is 11.4. The van der Waals surface area contributed by atoms with E-state index in [9.17, 15) is 13.2 Å². The summed E-state index contributed by atoms with van der Waals surface area (Å²) in [5.41, 5.74) is 2.26. The van der Waals surface area contributed by atoms with Gasteiger partial charge in [0, 0.05) is 26.2 Å². The van der Waals surface area contributed by atoms with Gasteiger partial charge in [-0.2, -0.15) is 0 Å². The van der Waals surface area contributed by atoms with E-state index in [0.717, 1.165) is 15.6 Å². The number of nitrogens with zero attached hydrogens (tertiary/aromatic N) is 2. The van der Waals surface area contributed by atoms with Crippen LogP contribution in [0.5, 0.6) is 11.5 Å². The molecule has 0 spiro atoms. The summed E-state index contributed by atoms with van der Waals surface area (Å²) >= 11 is 0. The standard InChI is InChI=1S/C20H26N2O6S/c1-14-11-18(26-4)19(27-5)12-16(14)13-21(2)20(23)15-7-9-17(10-8-15)29(24,25)22(3)28-6/h7-12H,13H2,1-6H3. The van der Waals surface area contributed by atoms with Gasteiger partial charge in [-0.1, -0.05) is 4.47 Å². The lowest BCUT2D eigenvalue weighted by molar-refractivity contribution is -0.0258. The van der Waals surface area contributed by atoms with Gasteiger partial charge < -0.3 is 14.4 Å². The molecule has 0 heterocycles. The van der Waals surface area contributed by atoms with E-state index in [1.165, 1.54) is 38.4 Å². The Morgan fingerprint density at radius 1 is 0.966 bits per heavy atom. The van der Waals surface area contributed by atoms with Crippen LogP contribution >= 0.6 is 0 Å². The molecule has 9 heteroatoms. The highest BCUT2D eigenvalue weighted by Gasteiger charge is 2.22. The number of ether oxygens (including phenoxy) is 2. The van der Waals surface area contributed by atoms with Crippen LogP contribution in [0.2, 0.25) is 0 Å². The van der Waals surface area contributed by atoms with Crippen molar-refractivity contribution in [2.45, 2.75) is 18.4 Å². The molecule has 8 nitrogen and oxygen atoms in total. The summed E-state index contributed by atoms with van der Waals surface area (Å²) in [5, 5.41) is 0. The van der Waals surface area contributed by atoms with Crippen molar-refractivity contribution in [2.75, 3.05) is 35.4 Å². The minimum absolute atomic E-state index is 0.0387. The summed E-state index contributed by atoms with van der Waals surface area (Å²) in [4.78, 5) is 19.1. The Morgan fingerprint density at radius 2 is 1.52 bits per heavy atom. The molecular formula is C20H26N2O6S. The molecule has 0 fully saturated rings. The van der Waals surface area contributed by atoms with Crippen molar-refractivity contribution in [1.82, 2.24) is 9.37 Å². The third-order valence-electron chi connectivity index (χ3n) is 4.59. The van der Waals surface area contributed by atoms with Crippen molar-refractivity contribution in [3.8, 4) is 11.5 Å². The molecule has 0 atom stereocenters. The second-order valence-electron chi connectivity index (χ2n) is 6.42. The van der Waals surface area contributed by atoms with E-state index >= 15 is 0 Å². The number of aryl methyl sites for hydroxylation is 1. The summed E-state index contributed by atoms with van der Waals surface area (Å²) in [5.74, 6) is 0.981. The molecule has 0 saturated carbocycles. The van der Waals surface area contributed by atoms with Crippen LogP contribution in [-0.4, -0.2) is 59.1 Å². The average Bonchev–Trinajstić information content (AvgIpc) is 2.73. The highest BCUT2D eigenvalue weighted by atomic mass is 32.2. The Morgan fingerprint density at radius 3 is 2.03 bits per heavy atom. The Labute approximate surface area is 171 Å². The van der Waals surface area contributed by atoms with Gasteiger partial charge in [0.1, 0.15) is 0 Å². The van der Waals surface area contributed by atoms with Gasteiger partial charge in [-0.15, -0.1) is 0 Å². The van der Waals surface area contributed by atoms with Crippen molar-refractivity contribution >= 4 is 15.9 Å². The predicted molar refractivity (Wildman–Crippen MR) is 108 cm³/mol. The zero-order valence-corrected chi connectivity index (χ0v) is 18.2. The first kappa shape index (κ1) is 22.7. The van der Waals surface area contributed by atoms with Crippen LogP contribution in [0.25, 0.3) is 0 Å². The van der Waals surface area contributed by atoms with Gasteiger partial charge in [-0.05, 0) is 54.4 Å². The highest BCUT2D eigenvalue weighted by Crippen LogP contribution is 2.31. The van der Waals surface area contributed by atoms with Gasteiger partial charge >= 0.3 is 0 Å². The lowest BCUT2D eigenvalue weighted by Gasteiger charge is -2.20. The van der Waals surface area contributed by atoms with Gasteiger partial charge in [0.15, 0.2) is 11.5 Å². The van der Waals surface area contributed by atoms with E-state index in [-0.39, 0.29) is 10.8 Å². The van der Waals surface area contributed by atoms with Gasteiger partial charge in [0.2, 0.25) is 0 Å². The molecule has 2 aromatic carbocycles. The van der Waals surface area contributed by atoms with Crippen LogP contribution in [-0.2, 0) is 21.4 Å². The molecule has 158 valence electrons. The molecule has 0 unspecified atom stereocenters. The zero-order valence-electron chi connectivity index (χ0n) is 17.4. The molecule has 1 amide bonds. The number of benzene rings is 2. The number of amides is 1. The maximum Gasteiger partial charge on any atom is 0.264 e. The zero-order chi connectivity index (χ0) is 21.8. The van der Waals surface area contributed by atoms with E-state index in [2.05, 4.69) is 0 Å². The van der Waals surface area contributed by atoms with Crippen molar-refractivity contribution in [2.24, 2.45) is 0 Å². The van der Waals surface area contributed by atoms with Crippen molar-refractivity contribution < 1.29 is 27.5 Å². The number of methoxy groups -OCH3 is 2. The molecule has 0 N–H and O–H groups in total. The number of carbonyl (C=O) groups is 1. The molecule has 29 heavy (non-hydrogen) atoms. The summed E-state index contributed by atoms with van der Waals surface area (Å²) in [6.45, 7) is 2.29. The van der Waals surface area contributed by atoms with E-state index in [4.69, 9.17) is 14.3 Å². The molecule has 0 bridgehead atoms. The van der Waals surface area contributed by atoms with Gasteiger partial charge in [0.25, 0.3) is 15.9 Å². The number of sulfonamides is 1. The number of carbonyl (C=O) groups excluding carboxylic acids is 1. The van der Waals surface area contributed by atoms with Gasteiger partial charge in [0.05, 0.1) is 26.2 Å². The quantitative estimate of drug-likeness (QED) is 0.608. The minimum atomic E-state index is -3.76. The highest BCUT2D eigenvalue weighted by molar-refractivity contribution is 7.89. The molecule has 0 aliphatic heterocycles. The Hall–Kier alpha value is -2.62. The molecule has 0 aliphatic carbocycles. The first-order chi connectivity index (χ1) is 13.6. The first-order valence-corrected chi connectivity index (χ1v) is 10.2. The first-order valence-electron chi connectivity index (χ1n) is 8.75. The fraction of sp³-hybridized carbons (Fsp3) is 0.350. The molecular weight excluding hydrogens is 396 g/mol. The maximum absolute atomic E-state index is 12.8. The van der Waals surface area contributed by atoms with Crippen molar-refractivity contribution in [1.29, 1.82) is 0 Å². The molecule has 0 saturated heterocycles. The number of rotatable bonds is 8. The van der Waals surface area contributed by atoms with Crippen LogP contribution in [0, 0.1) is 6.92 Å².